The quantitative estimate of drug-likeness (QED) is 0.776. The molecule has 3 nitrogen and oxygen atoms in total. The fourth-order valence-electron chi connectivity index (χ4n) is 1.21. The van der Waals surface area contributed by atoms with Crippen molar-refractivity contribution >= 4 is 11.6 Å². The molecule has 0 fully saturated rings. The van der Waals surface area contributed by atoms with Crippen molar-refractivity contribution in [1.29, 1.82) is 0 Å². The molecule has 0 radical (unpaired) electrons. The number of hydrogen-bond donors (Lipinski definition) is 2. The van der Waals surface area contributed by atoms with Crippen LogP contribution in [0.15, 0.2) is 24.3 Å². The lowest BCUT2D eigenvalue weighted by Gasteiger charge is -2.22. The summed E-state index contributed by atoms with van der Waals surface area (Å²) in [6.45, 7) is 4.33. The van der Waals surface area contributed by atoms with Gasteiger partial charge in [0.2, 0.25) is 0 Å². The molecule has 0 heterocycles. The molecule has 0 saturated heterocycles. The SMILES string of the molecule is C#CC(C)(C)NCC(O)COc1ccc(Cl)cc1. The van der Waals surface area contributed by atoms with Gasteiger partial charge in [0.25, 0.3) is 0 Å². The number of terminal acetylenes is 1. The molecule has 0 saturated carbocycles. The van der Waals surface area contributed by atoms with Crippen molar-refractivity contribution < 1.29 is 9.84 Å². The first-order valence-corrected chi connectivity index (χ1v) is 6.10. The number of β-amino-alcohol motifs (C(OH)–C–C–N with tert-alkyl or cyclic N) is 1. The van der Waals surface area contributed by atoms with E-state index >= 15 is 0 Å². The number of nitrogens with one attached hydrogen (secondary N) is 1. The molecule has 0 amide bonds. The Morgan fingerprint density at radius 2 is 2.06 bits per heavy atom. The Morgan fingerprint density at radius 3 is 2.61 bits per heavy atom. The van der Waals surface area contributed by atoms with Gasteiger partial charge in [-0.2, -0.15) is 0 Å². The van der Waals surface area contributed by atoms with Gasteiger partial charge in [-0.25, -0.2) is 0 Å². The Balaban J connectivity index is 2.31. The zero-order chi connectivity index (χ0) is 13.6. The molecule has 18 heavy (non-hydrogen) atoms. The monoisotopic (exact) mass is 267 g/mol. The fraction of sp³-hybridized carbons (Fsp3) is 0.429. The van der Waals surface area contributed by atoms with Crippen LogP contribution in [0.4, 0.5) is 0 Å². The van der Waals surface area contributed by atoms with Crippen LogP contribution in [0.25, 0.3) is 0 Å². The summed E-state index contributed by atoms with van der Waals surface area (Å²) in [4.78, 5) is 0. The zero-order valence-electron chi connectivity index (χ0n) is 10.6. The minimum absolute atomic E-state index is 0.204. The molecule has 0 aliphatic heterocycles. The van der Waals surface area contributed by atoms with Crippen LogP contribution < -0.4 is 10.1 Å². The Morgan fingerprint density at radius 1 is 1.44 bits per heavy atom. The molecule has 0 aromatic heterocycles. The highest BCUT2D eigenvalue weighted by Crippen LogP contribution is 2.15. The number of halogens is 1. The van der Waals surface area contributed by atoms with Crippen LogP contribution in [-0.2, 0) is 0 Å². The van der Waals surface area contributed by atoms with Crippen LogP contribution >= 0.6 is 11.6 Å². The van der Waals surface area contributed by atoms with Crippen LogP contribution in [0, 0.1) is 12.3 Å². The lowest BCUT2D eigenvalue weighted by molar-refractivity contribution is 0.102. The topological polar surface area (TPSA) is 41.5 Å². The van der Waals surface area contributed by atoms with Crippen LogP contribution in [0.2, 0.25) is 5.02 Å². The average Bonchev–Trinajstić information content (AvgIpc) is 2.36. The first kappa shape index (κ1) is 14.8. The van der Waals surface area contributed by atoms with E-state index in [0.29, 0.717) is 17.3 Å². The van der Waals surface area contributed by atoms with Crippen molar-refractivity contribution in [1.82, 2.24) is 5.32 Å². The number of ether oxygens (including phenoxy) is 1. The van der Waals surface area contributed by atoms with E-state index in [1.54, 1.807) is 24.3 Å². The van der Waals surface area contributed by atoms with E-state index in [1.165, 1.54) is 0 Å². The zero-order valence-corrected chi connectivity index (χ0v) is 11.4. The van der Waals surface area contributed by atoms with Crippen molar-refractivity contribution in [2.45, 2.75) is 25.5 Å². The van der Waals surface area contributed by atoms with Crippen molar-refractivity contribution in [2.24, 2.45) is 0 Å². The molecule has 1 aromatic carbocycles. The summed E-state index contributed by atoms with van der Waals surface area (Å²) < 4.78 is 5.42. The van der Waals surface area contributed by atoms with Crippen molar-refractivity contribution in [3.8, 4) is 18.1 Å². The second-order valence-electron chi connectivity index (χ2n) is 4.57. The maximum absolute atomic E-state index is 9.74. The summed E-state index contributed by atoms with van der Waals surface area (Å²) in [6, 6.07) is 6.99. The molecule has 0 aliphatic rings. The van der Waals surface area contributed by atoms with E-state index in [1.807, 2.05) is 13.8 Å². The Labute approximate surface area is 113 Å². The molecule has 4 heteroatoms. The largest absolute Gasteiger partial charge is 0.491 e. The van der Waals surface area contributed by atoms with Gasteiger partial charge in [-0.1, -0.05) is 17.5 Å². The average molecular weight is 268 g/mol. The Hall–Kier alpha value is -1.21. The van der Waals surface area contributed by atoms with Gasteiger partial charge < -0.3 is 9.84 Å². The molecule has 1 aromatic rings. The lowest BCUT2D eigenvalue weighted by Crippen LogP contribution is -2.43. The third-order valence-electron chi connectivity index (χ3n) is 2.40. The number of aliphatic hydroxyl groups is 1. The van der Waals surface area contributed by atoms with Gasteiger partial charge in [0.05, 0.1) is 5.54 Å². The standard InChI is InChI=1S/C14H18ClNO2/c1-4-14(2,3)16-9-12(17)10-18-13-7-5-11(15)6-8-13/h1,5-8,12,16-17H,9-10H2,2-3H3. The summed E-state index contributed by atoms with van der Waals surface area (Å²) in [5, 5.41) is 13.5. The third-order valence-corrected chi connectivity index (χ3v) is 2.65. The van der Waals surface area contributed by atoms with Crippen molar-refractivity contribution in [3.63, 3.8) is 0 Å². The summed E-state index contributed by atoms with van der Waals surface area (Å²) in [6.07, 6.45) is 4.72. The van der Waals surface area contributed by atoms with Crippen molar-refractivity contribution in [3.05, 3.63) is 29.3 Å². The number of rotatable bonds is 6. The van der Waals surface area contributed by atoms with Gasteiger partial charge in [0.1, 0.15) is 18.5 Å². The van der Waals surface area contributed by atoms with Crippen LogP contribution in [0.3, 0.4) is 0 Å². The molecule has 1 unspecified atom stereocenters. The van der Waals surface area contributed by atoms with E-state index in [0.717, 1.165) is 0 Å². The normalized spacial score (nSPS) is 12.8. The highest BCUT2D eigenvalue weighted by atomic mass is 35.5. The maximum Gasteiger partial charge on any atom is 0.119 e. The van der Waals surface area contributed by atoms with E-state index in [-0.39, 0.29) is 6.61 Å². The number of benzene rings is 1. The first-order valence-electron chi connectivity index (χ1n) is 5.72. The molecular weight excluding hydrogens is 250 g/mol. The highest BCUT2D eigenvalue weighted by molar-refractivity contribution is 6.30. The smallest absolute Gasteiger partial charge is 0.119 e. The van der Waals surface area contributed by atoms with Gasteiger partial charge in [-0.15, -0.1) is 6.42 Å². The first-order chi connectivity index (χ1) is 8.43. The van der Waals surface area contributed by atoms with E-state index in [9.17, 15) is 5.11 Å². The predicted octanol–water partition coefficient (Wildman–Crippen LogP) is 2.08. The third kappa shape index (κ3) is 5.42. The molecule has 2 N–H and O–H groups in total. The fourth-order valence-corrected chi connectivity index (χ4v) is 1.33. The van der Waals surface area contributed by atoms with Gasteiger partial charge in [-0.05, 0) is 38.1 Å². The predicted molar refractivity (Wildman–Crippen MR) is 73.9 cm³/mol. The molecule has 0 spiro atoms. The molecule has 98 valence electrons. The summed E-state index contributed by atoms with van der Waals surface area (Å²) in [5.41, 5.74) is -0.429. The second kappa shape index (κ2) is 6.65. The maximum atomic E-state index is 9.74. The van der Waals surface area contributed by atoms with Gasteiger partial charge in [0, 0.05) is 11.6 Å². The minimum Gasteiger partial charge on any atom is -0.491 e. The van der Waals surface area contributed by atoms with E-state index in [4.69, 9.17) is 22.8 Å². The van der Waals surface area contributed by atoms with Crippen LogP contribution in [0.5, 0.6) is 5.75 Å². The van der Waals surface area contributed by atoms with Crippen molar-refractivity contribution in [2.75, 3.05) is 13.2 Å². The molecule has 1 atom stereocenters. The van der Waals surface area contributed by atoms with Gasteiger partial charge in [-0.3, -0.25) is 5.32 Å². The summed E-state index contributed by atoms with van der Waals surface area (Å²) >= 11 is 5.76. The lowest BCUT2D eigenvalue weighted by atomic mass is 10.1. The molecule has 0 aliphatic carbocycles. The van der Waals surface area contributed by atoms with E-state index < -0.39 is 11.6 Å². The number of hydrogen-bond acceptors (Lipinski definition) is 3. The van der Waals surface area contributed by atoms with Crippen LogP contribution in [-0.4, -0.2) is 29.9 Å². The number of aliphatic hydroxyl groups excluding tert-OH is 1. The molecule has 1 rings (SSSR count). The Bertz CT molecular complexity index is 409. The molecular formula is C14H18ClNO2. The summed E-state index contributed by atoms with van der Waals surface area (Å²) in [5.74, 6) is 3.27. The van der Waals surface area contributed by atoms with E-state index in [2.05, 4.69) is 11.2 Å². The van der Waals surface area contributed by atoms with Crippen LogP contribution in [0.1, 0.15) is 13.8 Å². The van der Waals surface area contributed by atoms with Gasteiger partial charge >= 0.3 is 0 Å². The second-order valence-corrected chi connectivity index (χ2v) is 5.01. The minimum atomic E-state index is -0.617. The van der Waals surface area contributed by atoms with Gasteiger partial charge in [0.15, 0.2) is 0 Å². The Kier molecular flexibility index (Phi) is 5.49. The molecule has 0 bridgehead atoms. The highest BCUT2D eigenvalue weighted by Gasteiger charge is 2.15. The summed E-state index contributed by atoms with van der Waals surface area (Å²) in [7, 11) is 0.